The maximum Gasteiger partial charge on any atom is 0.235 e. The molecule has 0 aliphatic heterocycles. The number of Topliss-reactive ketones (excluding diaryl/α,β-unsaturated/α-hetero) is 1. The molecule has 8 heteroatoms. The first-order valence-electron chi connectivity index (χ1n) is 12.4. The van der Waals surface area contributed by atoms with Crippen molar-refractivity contribution in [3.05, 3.63) is 83.9 Å². The number of ketones is 1. The molecule has 0 radical (unpaired) electrons. The summed E-state index contributed by atoms with van der Waals surface area (Å²) in [7, 11) is 2.98. The molecule has 0 unspecified atom stereocenters. The number of carbonyl (C=O) groups is 3. The number of hydrogen-bond donors (Lipinski definition) is 3. The number of hydrogen-bond acceptors (Lipinski definition) is 6. The minimum Gasteiger partial charge on any atom is -0.495 e. The Balaban J connectivity index is 1.78. The van der Waals surface area contributed by atoms with Crippen LogP contribution in [0.4, 0.5) is 11.4 Å². The molecule has 0 spiro atoms. The molecule has 4 rings (SSSR count). The van der Waals surface area contributed by atoms with Crippen LogP contribution >= 0.6 is 0 Å². The van der Waals surface area contributed by atoms with Crippen LogP contribution in [-0.4, -0.2) is 42.5 Å². The lowest BCUT2D eigenvalue weighted by Gasteiger charge is -2.44. The first-order valence-corrected chi connectivity index (χ1v) is 12.4. The molecule has 1 aliphatic carbocycles. The van der Waals surface area contributed by atoms with Gasteiger partial charge in [0.05, 0.1) is 37.1 Å². The van der Waals surface area contributed by atoms with E-state index in [0.29, 0.717) is 28.4 Å². The third-order valence-electron chi connectivity index (χ3n) is 7.02. The van der Waals surface area contributed by atoms with Gasteiger partial charge in [0, 0.05) is 12.3 Å². The Kier molecular flexibility index (Phi) is 7.83. The molecule has 0 aromatic heterocycles. The minimum atomic E-state index is -1.71. The molecule has 1 aliphatic rings. The molecule has 0 bridgehead atoms. The van der Waals surface area contributed by atoms with E-state index in [2.05, 4.69) is 10.6 Å². The molecule has 4 atom stereocenters. The van der Waals surface area contributed by atoms with Crippen molar-refractivity contribution in [1.82, 2.24) is 0 Å². The summed E-state index contributed by atoms with van der Waals surface area (Å²) in [5, 5.41) is 17.1. The maximum atomic E-state index is 13.8. The number of ether oxygens (including phenoxy) is 2. The second-order valence-corrected chi connectivity index (χ2v) is 9.77. The minimum absolute atomic E-state index is 0.358. The van der Waals surface area contributed by atoms with Gasteiger partial charge in [0.25, 0.3) is 0 Å². The molecule has 3 aromatic rings. The van der Waals surface area contributed by atoms with Crippen LogP contribution in [0.1, 0.15) is 30.4 Å². The van der Waals surface area contributed by atoms with Crippen LogP contribution in [0.3, 0.4) is 0 Å². The Morgan fingerprint density at radius 2 is 1.34 bits per heavy atom. The number of nitrogens with one attached hydrogen (secondary N) is 2. The van der Waals surface area contributed by atoms with Gasteiger partial charge >= 0.3 is 0 Å². The summed E-state index contributed by atoms with van der Waals surface area (Å²) in [5.41, 5.74) is 0.699. The van der Waals surface area contributed by atoms with E-state index in [4.69, 9.17) is 9.47 Å². The number of aliphatic hydroxyl groups is 1. The van der Waals surface area contributed by atoms with Crippen molar-refractivity contribution in [3.8, 4) is 11.5 Å². The van der Waals surface area contributed by atoms with E-state index in [1.807, 2.05) is 19.1 Å². The van der Waals surface area contributed by atoms with Gasteiger partial charge in [-0.1, -0.05) is 54.1 Å². The van der Waals surface area contributed by atoms with Gasteiger partial charge in [-0.15, -0.1) is 0 Å². The summed E-state index contributed by atoms with van der Waals surface area (Å²) in [6.45, 7) is 3.39. The predicted molar refractivity (Wildman–Crippen MR) is 144 cm³/mol. The Morgan fingerprint density at radius 3 is 1.87 bits per heavy atom. The van der Waals surface area contributed by atoms with Crippen LogP contribution in [0.15, 0.2) is 72.8 Å². The Morgan fingerprint density at radius 1 is 0.842 bits per heavy atom. The van der Waals surface area contributed by atoms with E-state index < -0.39 is 41.0 Å². The highest BCUT2D eigenvalue weighted by atomic mass is 16.5. The predicted octanol–water partition coefficient (Wildman–Crippen LogP) is 4.33. The van der Waals surface area contributed by atoms with Crippen LogP contribution in [0.5, 0.6) is 11.5 Å². The number of amides is 2. The molecule has 3 aromatic carbocycles. The molecule has 2 amide bonds. The van der Waals surface area contributed by atoms with E-state index in [9.17, 15) is 19.5 Å². The zero-order valence-corrected chi connectivity index (χ0v) is 21.9. The average molecular weight is 517 g/mol. The van der Waals surface area contributed by atoms with Crippen molar-refractivity contribution in [2.45, 2.75) is 31.8 Å². The van der Waals surface area contributed by atoms with Gasteiger partial charge in [0.15, 0.2) is 0 Å². The summed E-state index contributed by atoms with van der Waals surface area (Å²) >= 11 is 0. The topological polar surface area (TPSA) is 114 Å². The second kappa shape index (κ2) is 11.1. The molecule has 198 valence electrons. The van der Waals surface area contributed by atoms with Crippen LogP contribution in [0.2, 0.25) is 0 Å². The third kappa shape index (κ3) is 5.40. The fourth-order valence-electron chi connectivity index (χ4n) is 5.20. The smallest absolute Gasteiger partial charge is 0.235 e. The zero-order chi connectivity index (χ0) is 27.4. The number of anilines is 2. The highest BCUT2D eigenvalue weighted by Gasteiger charge is 2.56. The summed E-state index contributed by atoms with van der Waals surface area (Å²) in [6.07, 6.45) is -0.358. The van der Waals surface area contributed by atoms with Crippen LogP contribution in [0.25, 0.3) is 0 Å². The molecular weight excluding hydrogens is 484 g/mol. The van der Waals surface area contributed by atoms with E-state index in [1.165, 1.54) is 21.1 Å². The van der Waals surface area contributed by atoms with E-state index >= 15 is 0 Å². The number of para-hydroxylation sites is 4. The third-order valence-corrected chi connectivity index (χ3v) is 7.02. The Hall–Kier alpha value is -4.17. The van der Waals surface area contributed by atoms with Gasteiger partial charge in [0.1, 0.15) is 23.2 Å². The highest BCUT2D eigenvalue weighted by Crippen LogP contribution is 2.47. The Labute approximate surface area is 222 Å². The van der Waals surface area contributed by atoms with Gasteiger partial charge in [-0.2, -0.15) is 0 Å². The monoisotopic (exact) mass is 516 g/mol. The molecule has 38 heavy (non-hydrogen) atoms. The normalized spacial score (nSPS) is 22.9. The maximum absolute atomic E-state index is 13.8. The molecule has 1 saturated carbocycles. The second-order valence-electron chi connectivity index (χ2n) is 9.77. The fourth-order valence-corrected chi connectivity index (χ4v) is 5.20. The quantitative estimate of drug-likeness (QED) is 0.403. The lowest BCUT2D eigenvalue weighted by Crippen LogP contribution is -2.56. The first-order chi connectivity index (χ1) is 18.2. The average Bonchev–Trinajstić information content (AvgIpc) is 2.88. The summed E-state index contributed by atoms with van der Waals surface area (Å²) in [6, 6.07) is 21.1. The number of rotatable bonds is 7. The van der Waals surface area contributed by atoms with Gasteiger partial charge in [-0.05, 0) is 43.7 Å². The Bertz CT molecular complexity index is 1330. The van der Waals surface area contributed by atoms with E-state index in [-0.39, 0.29) is 6.42 Å². The van der Waals surface area contributed by atoms with E-state index in [0.717, 1.165) is 5.56 Å². The number of benzene rings is 3. The molecule has 0 heterocycles. The van der Waals surface area contributed by atoms with Crippen molar-refractivity contribution in [1.29, 1.82) is 0 Å². The van der Waals surface area contributed by atoms with Crippen LogP contribution in [0, 0.1) is 18.8 Å². The largest absolute Gasteiger partial charge is 0.495 e. The summed E-state index contributed by atoms with van der Waals surface area (Å²) in [4.78, 5) is 41.0. The van der Waals surface area contributed by atoms with Crippen molar-refractivity contribution >= 4 is 29.0 Å². The highest BCUT2D eigenvalue weighted by molar-refractivity contribution is 6.11. The van der Waals surface area contributed by atoms with Gasteiger partial charge in [-0.25, -0.2) is 0 Å². The van der Waals surface area contributed by atoms with Crippen molar-refractivity contribution in [3.63, 3.8) is 0 Å². The number of aryl methyl sites for hydroxylation is 1. The molecular formula is C30H32N2O6. The standard InChI is InChI=1S/C30H32N2O6/c1-18-13-15-19(16-14-18)25-26(28(34)31-20-9-5-7-11-23(20)37-3)22(33)17-30(2,36)27(25)29(35)32-21-10-6-8-12-24(21)38-4/h5-16,25-27,36H,17H2,1-4H3,(H,31,34)(H,32,35)/t25-,26-,27-,30+/m0/s1. The van der Waals surface area contributed by atoms with Crippen LogP contribution in [-0.2, 0) is 14.4 Å². The molecule has 1 fully saturated rings. The fraction of sp³-hybridized carbons (Fsp3) is 0.300. The number of carbonyl (C=O) groups excluding carboxylic acids is 3. The van der Waals surface area contributed by atoms with E-state index in [1.54, 1.807) is 60.7 Å². The van der Waals surface area contributed by atoms with Gasteiger partial charge in [0.2, 0.25) is 11.8 Å². The van der Waals surface area contributed by atoms with Crippen molar-refractivity contribution in [2.75, 3.05) is 24.9 Å². The summed E-state index contributed by atoms with van der Waals surface area (Å²) < 4.78 is 10.7. The lowest BCUT2D eigenvalue weighted by atomic mass is 9.61. The first kappa shape index (κ1) is 26.9. The molecule has 0 saturated heterocycles. The van der Waals surface area contributed by atoms with Crippen molar-refractivity contribution in [2.24, 2.45) is 11.8 Å². The molecule has 8 nitrogen and oxygen atoms in total. The van der Waals surface area contributed by atoms with Gasteiger partial charge in [-0.3, -0.25) is 14.4 Å². The summed E-state index contributed by atoms with van der Waals surface area (Å²) in [5.74, 6) is -3.94. The lowest BCUT2D eigenvalue weighted by molar-refractivity contribution is -0.150. The zero-order valence-electron chi connectivity index (χ0n) is 21.9. The SMILES string of the molecule is COc1ccccc1NC(=O)[C@H]1C(=O)C[C@@](C)(O)[C@H](C(=O)Nc2ccccc2OC)[C@H]1c1ccc(C)cc1. The number of methoxy groups -OCH3 is 2. The van der Waals surface area contributed by atoms with Gasteiger partial charge < -0.3 is 25.2 Å². The molecule has 3 N–H and O–H groups in total. The van der Waals surface area contributed by atoms with Crippen LogP contribution < -0.4 is 20.1 Å². The van der Waals surface area contributed by atoms with Crippen molar-refractivity contribution < 1.29 is 29.0 Å².